The summed E-state index contributed by atoms with van der Waals surface area (Å²) < 4.78 is 34.2. The fourth-order valence-corrected chi connectivity index (χ4v) is 5.65. The van der Waals surface area contributed by atoms with Gasteiger partial charge in [0.05, 0.1) is 11.0 Å². The first kappa shape index (κ1) is 38.4. The number of aliphatic hydroxyl groups is 1. The number of nitrogens with zero attached hydrogens (tertiary/aromatic N) is 1. The predicted octanol–water partition coefficient (Wildman–Crippen LogP) is 3.03. The van der Waals surface area contributed by atoms with Gasteiger partial charge in [-0.05, 0) is 83.0 Å². The molecule has 0 radical (unpaired) electrons. The molecule has 0 aliphatic carbocycles. The molecule has 3 atom stereocenters. The fourth-order valence-electron chi connectivity index (χ4n) is 4.38. The minimum Gasteiger partial charge on any atom is -0.491 e. The monoisotopic (exact) mass is 689 g/mol. The lowest BCUT2D eigenvalue weighted by atomic mass is 10.1. The molecular formula is C36H43N5O7S. The molecule has 0 fully saturated rings. The Balaban J connectivity index is 1.83. The van der Waals surface area contributed by atoms with Crippen molar-refractivity contribution in [2.75, 3.05) is 6.61 Å². The number of ether oxygens (including phenoxy) is 1. The van der Waals surface area contributed by atoms with Gasteiger partial charge >= 0.3 is 0 Å². The minimum atomic E-state index is -4.22. The lowest BCUT2D eigenvalue weighted by Crippen LogP contribution is -2.58. The van der Waals surface area contributed by atoms with Crippen LogP contribution in [0.1, 0.15) is 49.9 Å². The molecule has 3 rings (SSSR count). The Morgan fingerprint density at radius 2 is 1.57 bits per heavy atom. The standard InChI is InChI=1S/C36H43N5O7S/c1-23-10-14-26(15-11-23)21-38-34(44)31(39-35(45)32(25(3)42)41-49(46,47)30-16-12-24(2)13-17-30)22-48-29-9-7-8-27(19-29)18-28(20-37)33(43)40-36(4,5)6/h7-19,25,31-32,41-42H,21-22H2,1-6H3,(H,38,44)(H,39,45)(H,40,43)/t25-,31+,32+/m1/s1. The predicted molar refractivity (Wildman–Crippen MR) is 185 cm³/mol. The van der Waals surface area contributed by atoms with Gasteiger partial charge in [0, 0.05) is 12.1 Å². The molecule has 0 aromatic heterocycles. The summed E-state index contributed by atoms with van der Waals surface area (Å²) >= 11 is 0. The molecule has 3 aromatic carbocycles. The normalized spacial score (nSPS) is 13.7. The number of nitrogens with one attached hydrogen (secondary N) is 4. The van der Waals surface area contributed by atoms with Crippen molar-refractivity contribution in [1.29, 1.82) is 5.26 Å². The Bertz CT molecular complexity index is 1810. The van der Waals surface area contributed by atoms with Gasteiger partial charge in [-0.2, -0.15) is 9.98 Å². The van der Waals surface area contributed by atoms with Gasteiger partial charge in [-0.15, -0.1) is 0 Å². The fraction of sp³-hybridized carbons (Fsp3) is 0.333. The molecular weight excluding hydrogens is 646 g/mol. The maximum Gasteiger partial charge on any atom is 0.262 e. The van der Waals surface area contributed by atoms with Crippen molar-refractivity contribution in [3.8, 4) is 11.8 Å². The number of aryl methyl sites for hydroxylation is 2. The molecule has 0 aliphatic rings. The van der Waals surface area contributed by atoms with Crippen LogP contribution in [0.25, 0.3) is 6.08 Å². The van der Waals surface area contributed by atoms with Crippen LogP contribution in [0.2, 0.25) is 0 Å². The van der Waals surface area contributed by atoms with Crippen LogP contribution in [-0.4, -0.2) is 61.6 Å². The molecule has 3 aromatic rings. The summed E-state index contributed by atoms with van der Waals surface area (Å²) in [7, 11) is -4.22. The number of sulfonamides is 1. The number of carbonyl (C=O) groups is 3. The van der Waals surface area contributed by atoms with Gasteiger partial charge < -0.3 is 25.8 Å². The molecule has 12 nitrogen and oxygen atoms in total. The summed E-state index contributed by atoms with van der Waals surface area (Å²) in [5.74, 6) is -1.86. The second-order valence-corrected chi connectivity index (χ2v) is 14.4. The molecule has 13 heteroatoms. The minimum absolute atomic E-state index is 0.100. The molecule has 0 heterocycles. The van der Waals surface area contributed by atoms with E-state index in [1.165, 1.54) is 25.1 Å². The van der Waals surface area contributed by atoms with Crippen LogP contribution in [0, 0.1) is 25.2 Å². The zero-order valence-corrected chi connectivity index (χ0v) is 29.2. The molecule has 49 heavy (non-hydrogen) atoms. The number of rotatable bonds is 14. The molecule has 0 bridgehead atoms. The molecule has 0 aliphatic heterocycles. The van der Waals surface area contributed by atoms with E-state index in [4.69, 9.17) is 4.74 Å². The van der Waals surface area contributed by atoms with E-state index in [2.05, 4.69) is 20.7 Å². The zero-order valence-electron chi connectivity index (χ0n) is 28.4. The van der Waals surface area contributed by atoms with E-state index in [9.17, 15) is 33.2 Å². The van der Waals surface area contributed by atoms with Gasteiger partial charge in [0.2, 0.25) is 21.8 Å². The number of carbonyl (C=O) groups excluding carboxylic acids is 3. The van der Waals surface area contributed by atoms with Crippen molar-refractivity contribution in [2.45, 2.75) is 76.7 Å². The Labute approximate surface area is 287 Å². The van der Waals surface area contributed by atoms with Crippen molar-refractivity contribution in [1.82, 2.24) is 20.7 Å². The third-order valence-electron chi connectivity index (χ3n) is 7.04. The number of nitriles is 1. The molecule has 0 saturated carbocycles. The lowest BCUT2D eigenvalue weighted by molar-refractivity contribution is -0.131. The highest BCUT2D eigenvalue weighted by molar-refractivity contribution is 7.89. The van der Waals surface area contributed by atoms with E-state index < -0.39 is 51.5 Å². The van der Waals surface area contributed by atoms with Gasteiger partial charge in [0.15, 0.2) is 0 Å². The van der Waals surface area contributed by atoms with Crippen LogP contribution in [0.15, 0.2) is 83.3 Å². The third-order valence-corrected chi connectivity index (χ3v) is 8.49. The summed E-state index contributed by atoms with van der Waals surface area (Å²) in [6, 6.07) is 18.8. The summed E-state index contributed by atoms with van der Waals surface area (Å²) in [5.41, 5.74) is 2.49. The number of amides is 3. The third kappa shape index (κ3) is 12.2. The highest BCUT2D eigenvalue weighted by Gasteiger charge is 2.33. The van der Waals surface area contributed by atoms with E-state index >= 15 is 0 Å². The first-order chi connectivity index (χ1) is 23.0. The summed E-state index contributed by atoms with van der Waals surface area (Å²) in [6.45, 7) is 10.1. The molecule has 5 N–H and O–H groups in total. The van der Waals surface area contributed by atoms with Gasteiger partial charge in [0.1, 0.15) is 36.1 Å². The maximum atomic E-state index is 13.4. The van der Waals surface area contributed by atoms with Crippen LogP contribution < -0.4 is 25.4 Å². The summed E-state index contributed by atoms with van der Waals surface area (Å²) in [6.07, 6.45) is -0.0693. The van der Waals surface area contributed by atoms with E-state index in [0.717, 1.165) is 16.7 Å². The lowest BCUT2D eigenvalue weighted by Gasteiger charge is -2.25. The smallest absolute Gasteiger partial charge is 0.262 e. The first-order valence-corrected chi connectivity index (χ1v) is 17.0. The Morgan fingerprint density at radius 3 is 2.14 bits per heavy atom. The van der Waals surface area contributed by atoms with Gasteiger partial charge in [-0.25, -0.2) is 8.42 Å². The van der Waals surface area contributed by atoms with Crippen molar-refractivity contribution in [3.63, 3.8) is 0 Å². The van der Waals surface area contributed by atoms with E-state index in [1.807, 2.05) is 37.3 Å². The van der Waals surface area contributed by atoms with Crippen LogP contribution in [0.3, 0.4) is 0 Å². The second-order valence-electron chi connectivity index (χ2n) is 12.7. The highest BCUT2D eigenvalue weighted by atomic mass is 32.2. The number of hydrogen-bond acceptors (Lipinski definition) is 8. The number of aliphatic hydroxyl groups excluding tert-OH is 1. The average molecular weight is 690 g/mol. The van der Waals surface area contributed by atoms with Gasteiger partial charge in [0.25, 0.3) is 5.91 Å². The number of hydrogen-bond donors (Lipinski definition) is 5. The zero-order chi connectivity index (χ0) is 36.4. The maximum absolute atomic E-state index is 13.4. The van der Waals surface area contributed by atoms with Gasteiger partial charge in [-0.1, -0.05) is 59.7 Å². The molecule has 3 amide bonds. The summed E-state index contributed by atoms with van der Waals surface area (Å²) in [4.78, 5) is 39.3. The largest absolute Gasteiger partial charge is 0.491 e. The first-order valence-electron chi connectivity index (χ1n) is 15.6. The van der Waals surface area contributed by atoms with E-state index in [1.54, 1.807) is 64.1 Å². The van der Waals surface area contributed by atoms with Crippen molar-refractivity contribution in [2.24, 2.45) is 0 Å². The molecule has 0 spiro atoms. The Kier molecular flexibility index (Phi) is 13.2. The van der Waals surface area contributed by atoms with E-state index in [-0.39, 0.29) is 29.4 Å². The quantitative estimate of drug-likeness (QED) is 0.126. The molecule has 0 unspecified atom stereocenters. The van der Waals surface area contributed by atoms with Crippen LogP contribution >= 0.6 is 0 Å². The topological polar surface area (TPSA) is 187 Å². The van der Waals surface area contributed by atoms with Crippen molar-refractivity contribution in [3.05, 3.63) is 101 Å². The molecule has 0 saturated heterocycles. The SMILES string of the molecule is Cc1ccc(CNC(=O)[C@H](COc2cccc(C=C(C#N)C(=O)NC(C)(C)C)c2)NC(=O)[C@@H](NS(=O)(=O)c2ccc(C)cc2)[C@@H](C)O)cc1. The van der Waals surface area contributed by atoms with E-state index in [0.29, 0.717) is 5.56 Å². The molecule has 260 valence electrons. The van der Waals surface area contributed by atoms with Crippen LogP contribution in [0.4, 0.5) is 0 Å². The van der Waals surface area contributed by atoms with Gasteiger partial charge in [-0.3, -0.25) is 14.4 Å². The second kappa shape index (κ2) is 16.9. The highest BCUT2D eigenvalue weighted by Crippen LogP contribution is 2.17. The average Bonchev–Trinajstić information content (AvgIpc) is 3.03. The van der Waals surface area contributed by atoms with Crippen molar-refractivity contribution >= 4 is 33.8 Å². The van der Waals surface area contributed by atoms with Crippen LogP contribution in [-0.2, 0) is 31.0 Å². The van der Waals surface area contributed by atoms with Crippen molar-refractivity contribution < 1.29 is 32.6 Å². The number of benzene rings is 3. The summed E-state index contributed by atoms with van der Waals surface area (Å²) in [5, 5.41) is 28.0. The Morgan fingerprint density at radius 1 is 0.959 bits per heavy atom. The van der Waals surface area contributed by atoms with Crippen LogP contribution in [0.5, 0.6) is 5.75 Å². The Hall–Kier alpha value is -5.03.